The Labute approximate surface area is 99.3 Å². The van der Waals surface area contributed by atoms with Gasteiger partial charge < -0.3 is 25.4 Å². The largest absolute Gasteiger partial charge is 0.472 e. The lowest BCUT2D eigenvalue weighted by molar-refractivity contribution is -0.157. The minimum absolute atomic E-state index is 0.0972. The summed E-state index contributed by atoms with van der Waals surface area (Å²) in [7, 11) is -4.62. The summed E-state index contributed by atoms with van der Waals surface area (Å²) in [6.07, 6.45) is -1.30. The molecule has 0 aliphatic rings. The van der Waals surface area contributed by atoms with Gasteiger partial charge in [-0.15, -0.1) is 0 Å². The Morgan fingerprint density at radius 3 is 2.18 bits per heavy atom. The van der Waals surface area contributed by atoms with Crippen LogP contribution in [0.4, 0.5) is 0 Å². The number of phosphoric ester groups is 1. The summed E-state index contributed by atoms with van der Waals surface area (Å²) in [6, 6.07) is 0. The predicted octanol–water partition coefficient (Wildman–Crippen LogP) is -0.502. The van der Waals surface area contributed by atoms with E-state index >= 15 is 0 Å². The Balaban J connectivity index is 0. The highest BCUT2D eigenvalue weighted by atomic mass is 31.2. The monoisotopic (exact) mass is 271 g/mol. The van der Waals surface area contributed by atoms with Crippen LogP contribution in [0, 0.1) is 0 Å². The van der Waals surface area contributed by atoms with Crippen molar-refractivity contribution in [2.45, 2.75) is 20.1 Å². The van der Waals surface area contributed by atoms with Crippen LogP contribution in [0.2, 0.25) is 0 Å². The molecule has 0 aliphatic carbocycles. The molecule has 5 N–H and O–H groups in total. The molecule has 9 heteroatoms. The lowest BCUT2D eigenvalue weighted by Gasteiger charge is -2.13. The molecule has 0 aromatic carbocycles. The van der Waals surface area contributed by atoms with E-state index in [-0.39, 0.29) is 12.2 Å². The van der Waals surface area contributed by atoms with E-state index in [1.54, 1.807) is 0 Å². The zero-order valence-electron chi connectivity index (χ0n) is 9.70. The van der Waals surface area contributed by atoms with Crippen molar-refractivity contribution in [1.82, 2.24) is 0 Å². The van der Waals surface area contributed by atoms with Gasteiger partial charge in [-0.3, -0.25) is 0 Å². The van der Waals surface area contributed by atoms with Crippen molar-refractivity contribution in [3.63, 3.8) is 0 Å². The first-order chi connectivity index (χ1) is 7.64. The Kier molecular flexibility index (Phi) is 10.2. The molecule has 0 aromatic rings. The van der Waals surface area contributed by atoms with Crippen LogP contribution in [-0.2, 0) is 18.6 Å². The Morgan fingerprint density at radius 1 is 1.53 bits per heavy atom. The Bertz CT molecular complexity index is 286. The van der Waals surface area contributed by atoms with Gasteiger partial charge in [-0.25, -0.2) is 13.9 Å². The van der Waals surface area contributed by atoms with Crippen molar-refractivity contribution < 1.29 is 33.5 Å². The third kappa shape index (κ3) is 15.2. The highest BCUT2D eigenvalue weighted by molar-refractivity contribution is 7.46. The van der Waals surface area contributed by atoms with Gasteiger partial charge in [0.05, 0.1) is 6.61 Å². The van der Waals surface area contributed by atoms with E-state index in [9.17, 15) is 9.36 Å². The molecule has 0 amide bonds. The molecule has 0 aromatic heterocycles. The number of nitrogens with two attached hydrogens (primary N) is 1. The highest BCUT2D eigenvalue weighted by Crippen LogP contribution is 2.37. The SMILES string of the molecule is C=C(C)C(=O)OC(C)OP(=O)(O)O.NCCO. The first-order valence-electron chi connectivity index (χ1n) is 4.55. The zero-order valence-corrected chi connectivity index (χ0v) is 10.6. The van der Waals surface area contributed by atoms with E-state index < -0.39 is 20.1 Å². The maximum Gasteiger partial charge on any atom is 0.472 e. The van der Waals surface area contributed by atoms with E-state index in [1.807, 2.05) is 0 Å². The molecule has 102 valence electrons. The van der Waals surface area contributed by atoms with Crippen molar-refractivity contribution in [2.24, 2.45) is 5.73 Å². The van der Waals surface area contributed by atoms with Gasteiger partial charge in [-0.1, -0.05) is 6.58 Å². The smallest absolute Gasteiger partial charge is 0.432 e. The molecule has 0 aliphatic heterocycles. The van der Waals surface area contributed by atoms with Crippen molar-refractivity contribution in [1.29, 1.82) is 0 Å². The van der Waals surface area contributed by atoms with Gasteiger partial charge in [0.2, 0.25) is 6.29 Å². The van der Waals surface area contributed by atoms with Crippen LogP contribution >= 0.6 is 7.82 Å². The van der Waals surface area contributed by atoms with Gasteiger partial charge in [0, 0.05) is 12.1 Å². The fraction of sp³-hybridized carbons (Fsp3) is 0.625. The number of esters is 1. The predicted molar refractivity (Wildman–Crippen MR) is 59.6 cm³/mol. The second-order valence-corrected chi connectivity index (χ2v) is 4.05. The fourth-order valence-electron chi connectivity index (χ4n) is 0.466. The van der Waals surface area contributed by atoms with Crippen molar-refractivity contribution in [2.75, 3.05) is 13.2 Å². The summed E-state index contributed by atoms with van der Waals surface area (Å²) in [5, 5.41) is 7.75. The van der Waals surface area contributed by atoms with Crippen LogP contribution in [0.5, 0.6) is 0 Å². The number of ether oxygens (including phenoxy) is 1. The van der Waals surface area contributed by atoms with Crippen molar-refractivity contribution in [3.05, 3.63) is 12.2 Å². The molecule has 0 saturated carbocycles. The van der Waals surface area contributed by atoms with Gasteiger partial charge in [0.1, 0.15) is 0 Å². The number of phosphoric acid groups is 1. The van der Waals surface area contributed by atoms with Gasteiger partial charge in [-0.05, 0) is 13.8 Å². The van der Waals surface area contributed by atoms with Crippen molar-refractivity contribution in [3.8, 4) is 0 Å². The first-order valence-corrected chi connectivity index (χ1v) is 6.08. The summed E-state index contributed by atoms with van der Waals surface area (Å²) < 4.78 is 18.7. The number of hydrogen-bond donors (Lipinski definition) is 4. The standard InChI is InChI=1S/C6H11O6P.C2H7NO/c1-4(2)6(7)11-5(3)12-13(8,9)10;3-1-2-4/h5H,1H2,2-3H3,(H2,8,9,10);4H,1-3H2. The van der Waals surface area contributed by atoms with Gasteiger partial charge >= 0.3 is 13.8 Å². The van der Waals surface area contributed by atoms with E-state index in [4.69, 9.17) is 20.6 Å². The molecule has 17 heavy (non-hydrogen) atoms. The van der Waals surface area contributed by atoms with Crippen LogP contribution < -0.4 is 5.73 Å². The van der Waals surface area contributed by atoms with Crippen LogP contribution in [0.25, 0.3) is 0 Å². The molecule has 0 heterocycles. The second kappa shape index (κ2) is 9.29. The number of aliphatic hydroxyl groups is 1. The quantitative estimate of drug-likeness (QED) is 0.227. The molecule has 0 spiro atoms. The van der Waals surface area contributed by atoms with Gasteiger partial charge in [0.25, 0.3) is 0 Å². The molecule has 0 saturated heterocycles. The molecular weight excluding hydrogens is 253 g/mol. The van der Waals surface area contributed by atoms with Gasteiger partial charge in [-0.2, -0.15) is 0 Å². The molecule has 0 fully saturated rings. The number of carbonyl (C=O) groups is 1. The number of hydrogen-bond acceptors (Lipinski definition) is 6. The van der Waals surface area contributed by atoms with E-state index in [1.165, 1.54) is 13.8 Å². The maximum atomic E-state index is 10.8. The molecular formula is C8H18NO7P. The van der Waals surface area contributed by atoms with E-state index in [0.29, 0.717) is 6.54 Å². The van der Waals surface area contributed by atoms with Crippen LogP contribution in [0.1, 0.15) is 13.8 Å². The normalized spacial score (nSPS) is 12.1. The van der Waals surface area contributed by atoms with Crippen LogP contribution in [0.3, 0.4) is 0 Å². The van der Waals surface area contributed by atoms with Crippen molar-refractivity contribution >= 4 is 13.8 Å². The Morgan fingerprint density at radius 2 is 1.94 bits per heavy atom. The van der Waals surface area contributed by atoms with Crippen LogP contribution in [-0.4, -0.2) is 40.3 Å². The molecule has 1 atom stereocenters. The molecule has 8 nitrogen and oxygen atoms in total. The second-order valence-electron chi connectivity index (χ2n) is 2.86. The lowest BCUT2D eigenvalue weighted by Crippen LogP contribution is -2.17. The number of aliphatic hydroxyl groups excluding tert-OH is 1. The molecule has 0 bridgehead atoms. The third-order valence-electron chi connectivity index (χ3n) is 1.04. The molecule has 1 unspecified atom stereocenters. The number of rotatable bonds is 5. The van der Waals surface area contributed by atoms with Crippen LogP contribution in [0.15, 0.2) is 12.2 Å². The average molecular weight is 271 g/mol. The molecule has 0 rings (SSSR count). The highest BCUT2D eigenvalue weighted by Gasteiger charge is 2.21. The van der Waals surface area contributed by atoms with Gasteiger partial charge in [0.15, 0.2) is 0 Å². The summed E-state index contributed by atoms with van der Waals surface area (Å²) in [5.41, 5.74) is 4.90. The lowest BCUT2D eigenvalue weighted by atomic mass is 10.4. The summed E-state index contributed by atoms with van der Waals surface area (Å²) >= 11 is 0. The van der Waals surface area contributed by atoms with E-state index in [0.717, 1.165) is 0 Å². The third-order valence-corrected chi connectivity index (χ3v) is 1.61. The topological polar surface area (TPSA) is 139 Å². The minimum atomic E-state index is -4.62. The minimum Gasteiger partial charge on any atom is -0.432 e. The fourth-order valence-corrected chi connectivity index (χ4v) is 0.896. The maximum absolute atomic E-state index is 10.8. The average Bonchev–Trinajstić information content (AvgIpc) is 2.14. The number of carbonyl (C=O) groups excluding carboxylic acids is 1. The summed E-state index contributed by atoms with van der Waals surface area (Å²) in [5.74, 6) is -0.763. The molecule has 0 radical (unpaired) electrons. The summed E-state index contributed by atoms with van der Waals surface area (Å²) in [6.45, 7) is 6.36. The summed E-state index contributed by atoms with van der Waals surface area (Å²) in [4.78, 5) is 27.4. The zero-order chi connectivity index (χ0) is 14.1. The van der Waals surface area contributed by atoms with E-state index in [2.05, 4.69) is 15.8 Å². The Hall–Kier alpha value is -0.760. The first kappa shape index (κ1) is 18.6.